The van der Waals surface area contributed by atoms with Crippen LogP contribution in [0.25, 0.3) is 0 Å². The first-order valence-corrected chi connectivity index (χ1v) is 19.5. The van der Waals surface area contributed by atoms with E-state index in [2.05, 4.69) is 0 Å². The minimum Gasteiger partial charge on any atom is -1.00 e. The van der Waals surface area contributed by atoms with Gasteiger partial charge in [-0.1, -0.05) is 27.7 Å². The molecule has 0 saturated carbocycles. The van der Waals surface area contributed by atoms with Gasteiger partial charge in [0.15, 0.2) is 0 Å². The maximum atomic E-state index is 8.66. The molecular weight excluding hydrogens is 1010 g/mol. The average molecular weight is 1080 g/mol. The predicted molar refractivity (Wildman–Crippen MR) is 190 cm³/mol. The number of aliphatic hydroxyl groups excluding tert-OH is 12. The zero-order valence-electron chi connectivity index (χ0n) is 30.9. The maximum absolute atomic E-state index is 8.66. The van der Waals surface area contributed by atoms with E-state index in [1.54, 1.807) is 0 Å². The first kappa shape index (κ1) is 84.7. The zero-order valence-corrected chi connectivity index (χ0v) is 38.6. The fraction of sp³-hybridized carbons (Fsp3) is 1.00. The largest absolute Gasteiger partial charge is 2.00 e. The molecule has 0 aromatic carbocycles. The van der Waals surface area contributed by atoms with Crippen molar-refractivity contribution in [3.63, 3.8) is 0 Å². The summed E-state index contributed by atoms with van der Waals surface area (Å²) < 4.78 is 0. The second kappa shape index (κ2) is 58.3. The molecule has 0 heterocycles. The van der Waals surface area contributed by atoms with Crippen LogP contribution in [0.3, 0.4) is 0 Å². The van der Waals surface area contributed by atoms with E-state index in [9.17, 15) is 0 Å². The second-order valence-electron chi connectivity index (χ2n) is 10.4. The Balaban J connectivity index is -0.0000000455. The molecule has 0 spiro atoms. The van der Waals surface area contributed by atoms with Gasteiger partial charge in [0.2, 0.25) is 0 Å². The molecule has 0 atom stereocenters. The molecule has 0 unspecified atom stereocenters. The summed E-state index contributed by atoms with van der Waals surface area (Å²) in [5.41, 5.74) is -2.67. The Hall–Kier alpha value is 2.21. The Morgan fingerprint density at radius 2 is 0.309 bits per heavy atom. The molecule has 0 aromatic rings. The number of hydrogen-bond donors (Lipinski definition) is 24. The molecule has 31 heteroatoms. The minimum atomic E-state index is -2.62. The first-order valence-electron chi connectivity index (χ1n) is 14.7. The molecule has 0 aliphatic heterocycles. The fourth-order valence-electron chi connectivity index (χ4n) is 1.94. The Morgan fingerprint density at radius 1 is 0.255 bits per heavy atom. The standard InChI is InChI=1S/4C6H14O3.2BrH.Ni.4H3O3P/c4*1-2-6(3-7,4-8)5-9;;;;4*1-4(2)3/h4*7-9H,2-5H2,1H3;2*1H;;4*1-3H/q;;;;;;+2;;;;/p-2. The van der Waals surface area contributed by atoms with E-state index in [4.69, 9.17) is 120 Å². The van der Waals surface area contributed by atoms with Gasteiger partial charge in [0.25, 0.3) is 0 Å². The van der Waals surface area contributed by atoms with Crippen LogP contribution >= 0.6 is 34.4 Å². The smallest absolute Gasteiger partial charge is 1.00 e. The summed E-state index contributed by atoms with van der Waals surface area (Å²) >= 11 is 0. The summed E-state index contributed by atoms with van der Waals surface area (Å²) in [6.07, 6.45) is 2.38. The van der Waals surface area contributed by atoms with Gasteiger partial charge in [-0.3, -0.25) is 0 Å². The van der Waals surface area contributed by atoms with E-state index < -0.39 is 56.1 Å². The van der Waals surface area contributed by atoms with Crippen molar-refractivity contribution in [2.24, 2.45) is 21.7 Å². The van der Waals surface area contributed by atoms with Crippen LogP contribution in [0.4, 0.5) is 0 Å². The van der Waals surface area contributed by atoms with Gasteiger partial charge in [-0.05, 0) is 25.7 Å². The molecule has 0 saturated heterocycles. The van der Waals surface area contributed by atoms with Crippen LogP contribution in [-0.2, 0) is 16.5 Å². The van der Waals surface area contributed by atoms with Crippen LogP contribution in [0.2, 0.25) is 0 Å². The van der Waals surface area contributed by atoms with E-state index in [0.29, 0.717) is 25.7 Å². The van der Waals surface area contributed by atoms with Crippen LogP contribution < -0.4 is 34.0 Å². The SMILES string of the molecule is CCC(CO)(CO)CO.CCC(CO)(CO)CO.CCC(CO)(CO)CO.CCC(CO)(CO)CO.OP(O)O.OP(O)O.OP(O)O.OP(O)O.[Br-].[Br-].[Ni+2]. The van der Waals surface area contributed by atoms with E-state index in [1.807, 2.05) is 27.7 Å². The van der Waals surface area contributed by atoms with Crippen molar-refractivity contribution in [2.45, 2.75) is 53.4 Å². The topological polar surface area (TPSA) is 486 Å². The molecule has 0 bridgehead atoms. The number of halogens is 2. The fourth-order valence-corrected chi connectivity index (χ4v) is 1.94. The molecule has 24 N–H and O–H groups in total. The third-order valence-electron chi connectivity index (χ3n) is 7.02. The molecule has 0 aliphatic rings. The molecule has 0 aliphatic carbocycles. The van der Waals surface area contributed by atoms with Crippen LogP contribution in [0.15, 0.2) is 0 Å². The number of rotatable bonds is 16. The summed E-state index contributed by atoms with van der Waals surface area (Å²) in [5, 5.41) is 104. The van der Waals surface area contributed by atoms with Crippen molar-refractivity contribution < 1.29 is 170 Å². The Labute approximate surface area is 357 Å². The van der Waals surface area contributed by atoms with Crippen LogP contribution in [0.5, 0.6) is 0 Å². The minimum absolute atomic E-state index is 0. The molecule has 24 nitrogen and oxygen atoms in total. The summed E-state index contributed by atoms with van der Waals surface area (Å²) in [7, 11) is -10.5. The summed E-state index contributed by atoms with van der Waals surface area (Å²) in [6, 6.07) is 0. The van der Waals surface area contributed by atoms with Gasteiger partial charge in [-0.25, -0.2) is 0 Å². The predicted octanol–water partition coefficient (Wildman–Crippen LogP) is -11.8. The van der Waals surface area contributed by atoms with Gasteiger partial charge in [-0.15, -0.1) is 0 Å². The molecule has 0 radical (unpaired) electrons. The van der Waals surface area contributed by atoms with Crippen molar-refractivity contribution in [1.29, 1.82) is 0 Å². The molecule has 0 aromatic heterocycles. The third-order valence-corrected chi connectivity index (χ3v) is 7.02. The Morgan fingerprint density at radius 3 is 0.309 bits per heavy atom. The van der Waals surface area contributed by atoms with Crippen molar-refractivity contribution >= 4 is 34.4 Å². The van der Waals surface area contributed by atoms with E-state index >= 15 is 0 Å². The Bertz CT molecular complexity index is 464. The molecular formula is C24H68Br2NiO24P4. The normalized spacial score (nSPS) is 10.5. The van der Waals surface area contributed by atoms with Crippen LogP contribution in [0, 0.1) is 21.7 Å². The van der Waals surface area contributed by atoms with Crippen LogP contribution in [0.1, 0.15) is 53.4 Å². The third kappa shape index (κ3) is 65.5. The zero-order chi connectivity index (χ0) is 43.6. The number of hydrogen-bond acceptors (Lipinski definition) is 24. The van der Waals surface area contributed by atoms with E-state index in [1.165, 1.54) is 0 Å². The Kier molecular flexibility index (Phi) is 89.7. The van der Waals surface area contributed by atoms with Crippen molar-refractivity contribution in [1.82, 2.24) is 0 Å². The van der Waals surface area contributed by atoms with Gasteiger partial charge in [0.1, 0.15) is 0 Å². The van der Waals surface area contributed by atoms with Gasteiger partial charge < -0.3 is 154 Å². The van der Waals surface area contributed by atoms with Crippen LogP contribution in [-0.4, -0.2) is 199 Å². The number of aliphatic hydroxyl groups is 12. The monoisotopic (exact) mass is 1080 g/mol. The summed E-state index contributed by atoms with van der Waals surface area (Å²) in [6.45, 7) is 5.41. The maximum Gasteiger partial charge on any atom is 2.00 e. The molecule has 0 fully saturated rings. The van der Waals surface area contributed by atoms with Crippen molar-refractivity contribution in [3.05, 3.63) is 0 Å². The van der Waals surface area contributed by atoms with Gasteiger partial charge in [-0.2, -0.15) is 0 Å². The van der Waals surface area contributed by atoms with Gasteiger partial charge >= 0.3 is 50.9 Å². The van der Waals surface area contributed by atoms with Crippen molar-refractivity contribution in [3.8, 4) is 0 Å². The molecule has 352 valence electrons. The first-order chi connectivity index (χ1) is 23.9. The summed E-state index contributed by atoms with van der Waals surface area (Å²) in [5.74, 6) is 0. The van der Waals surface area contributed by atoms with E-state index in [0.717, 1.165) is 0 Å². The van der Waals surface area contributed by atoms with Gasteiger partial charge in [0, 0.05) is 21.7 Å². The molecule has 0 amide bonds. The summed E-state index contributed by atoms with van der Waals surface area (Å²) in [4.78, 5) is 86.8. The van der Waals surface area contributed by atoms with E-state index in [-0.39, 0.29) is 130 Å². The molecule has 0 rings (SSSR count). The second-order valence-corrected chi connectivity index (χ2v) is 12.5. The van der Waals surface area contributed by atoms with Gasteiger partial charge in [0.05, 0.1) is 79.3 Å². The quantitative estimate of drug-likeness (QED) is 0.0504. The molecule has 55 heavy (non-hydrogen) atoms. The average Bonchev–Trinajstić information content (AvgIpc) is 3.10. The van der Waals surface area contributed by atoms with Crippen molar-refractivity contribution in [2.75, 3.05) is 79.3 Å².